The summed E-state index contributed by atoms with van der Waals surface area (Å²) in [5.41, 5.74) is 1.18. The van der Waals surface area contributed by atoms with Gasteiger partial charge < -0.3 is 29.0 Å². The van der Waals surface area contributed by atoms with Gasteiger partial charge in [0.1, 0.15) is 24.7 Å². The van der Waals surface area contributed by atoms with Gasteiger partial charge >= 0.3 is 0 Å². The SMILES string of the molecule is CCCCCOc1cccc([C@H]2C(=C(O)c3ccc4c(c3)OCCO4)C(=O)C(=O)N2CCCN2CCOCC2)c1. The molecule has 2 aromatic rings. The molecule has 3 heterocycles. The predicted octanol–water partition coefficient (Wildman–Crippen LogP) is 4.17. The second kappa shape index (κ2) is 13.2. The lowest BCUT2D eigenvalue weighted by Crippen LogP contribution is -2.38. The van der Waals surface area contributed by atoms with Gasteiger partial charge in [-0.2, -0.15) is 0 Å². The van der Waals surface area contributed by atoms with E-state index < -0.39 is 17.7 Å². The lowest BCUT2D eigenvalue weighted by Gasteiger charge is -2.29. The lowest BCUT2D eigenvalue weighted by molar-refractivity contribution is -0.140. The van der Waals surface area contributed by atoms with Gasteiger partial charge in [0.05, 0.1) is 31.4 Å². The first kappa shape index (κ1) is 28.0. The molecule has 9 nitrogen and oxygen atoms in total. The van der Waals surface area contributed by atoms with Crippen molar-refractivity contribution in [2.75, 3.05) is 59.2 Å². The Hall–Kier alpha value is -3.56. The van der Waals surface area contributed by atoms with Crippen LogP contribution in [-0.2, 0) is 14.3 Å². The number of carbonyl (C=O) groups is 2. The molecule has 2 fully saturated rings. The van der Waals surface area contributed by atoms with Crippen molar-refractivity contribution in [2.45, 2.75) is 38.6 Å². The minimum absolute atomic E-state index is 0.0659. The average molecular weight is 551 g/mol. The maximum Gasteiger partial charge on any atom is 0.295 e. The molecular weight excluding hydrogens is 512 g/mol. The van der Waals surface area contributed by atoms with E-state index in [2.05, 4.69) is 11.8 Å². The van der Waals surface area contributed by atoms with Crippen molar-refractivity contribution >= 4 is 17.4 Å². The number of aliphatic hydroxyl groups is 1. The van der Waals surface area contributed by atoms with E-state index >= 15 is 0 Å². The summed E-state index contributed by atoms with van der Waals surface area (Å²) in [6.45, 7) is 7.86. The zero-order chi connectivity index (χ0) is 27.9. The minimum Gasteiger partial charge on any atom is -0.507 e. The number of carbonyl (C=O) groups excluding carboxylic acids is 2. The largest absolute Gasteiger partial charge is 0.507 e. The molecule has 0 radical (unpaired) electrons. The van der Waals surface area contributed by atoms with Crippen LogP contribution in [0.4, 0.5) is 0 Å². The molecule has 3 aliphatic rings. The molecule has 0 unspecified atom stereocenters. The topological polar surface area (TPSA) is 97.8 Å². The highest BCUT2D eigenvalue weighted by Crippen LogP contribution is 2.41. The lowest BCUT2D eigenvalue weighted by atomic mass is 9.95. The third-order valence-corrected chi connectivity index (χ3v) is 7.52. The average Bonchev–Trinajstić information content (AvgIpc) is 3.24. The van der Waals surface area contributed by atoms with Crippen LogP contribution in [0.2, 0.25) is 0 Å². The Morgan fingerprint density at radius 2 is 1.75 bits per heavy atom. The zero-order valence-electron chi connectivity index (χ0n) is 23.1. The molecule has 0 spiro atoms. The van der Waals surface area contributed by atoms with E-state index in [1.165, 1.54) is 0 Å². The number of hydrogen-bond acceptors (Lipinski definition) is 8. The van der Waals surface area contributed by atoms with Gasteiger partial charge in [-0.15, -0.1) is 0 Å². The number of ether oxygens (including phenoxy) is 4. The van der Waals surface area contributed by atoms with Crippen molar-refractivity contribution in [3.63, 3.8) is 0 Å². The number of nitrogens with zero attached hydrogens (tertiary/aromatic N) is 2. The van der Waals surface area contributed by atoms with Gasteiger partial charge in [0.2, 0.25) is 0 Å². The molecule has 5 rings (SSSR count). The van der Waals surface area contributed by atoms with Gasteiger partial charge in [0, 0.05) is 31.7 Å². The van der Waals surface area contributed by atoms with E-state index in [1.807, 2.05) is 24.3 Å². The molecule has 3 aliphatic heterocycles. The number of rotatable bonds is 11. The van der Waals surface area contributed by atoms with Gasteiger partial charge in [-0.05, 0) is 48.7 Å². The normalized spacial score (nSPS) is 20.6. The number of aliphatic hydroxyl groups excluding tert-OH is 1. The standard InChI is InChI=1S/C31H38N2O7/c1-2-3-4-15-38-24-8-5-7-22(20-24)28-27(29(34)23-9-10-25-26(21-23)40-19-18-39-25)30(35)31(36)33(28)12-6-11-32-13-16-37-17-14-32/h5,7-10,20-21,28,34H,2-4,6,11-19H2,1H3/t28-/m0/s1. The Morgan fingerprint density at radius 3 is 2.55 bits per heavy atom. The Kier molecular flexibility index (Phi) is 9.23. The molecular formula is C31H38N2O7. The molecule has 0 bridgehead atoms. The summed E-state index contributed by atoms with van der Waals surface area (Å²) in [6, 6.07) is 11.8. The Labute approximate surface area is 235 Å². The van der Waals surface area contributed by atoms with Crippen LogP contribution < -0.4 is 14.2 Å². The third-order valence-electron chi connectivity index (χ3n) is 7.52. The molecule has 214 valence electrons. The molecule has 9 heteroatoms. The van der Waals surface area contributed by atoms with Gasteiger partial charge in [0.15, 0.2) is 11.5 Å². The highest BCUT2D eigenvalue weighted by atomic mass is 16.6. The van der Waals surface area contributed by atoms with Crippen LogP contribution in [0.15, 0.2) is 48.0 Å². The Morgan fingerprint density at radius 1 is 0.950 bits per heavy atom. The number of fused-ring (bicyclic) bond motifs is 1. The van der Waals surface area contributed by atoms with Crippen LogP contribution in [0.5, 0.6) is 17.2 Å². The Bertz CT molecular complexity index is 1240. The number of likely N-dealkylation sites (tertiary alicyclic amines) is 1. The van der Waals surface area contributed by atoms with Crippen molar-refractivity contribution in [3.8, 4) is 17.2 Å². The van der Waals surface area contributed by atoms with Crippen LogP contribution in [0.25, 0.3) is 5.76 Å². The number of Topliss-reactive ketones (excluding diaryl/α,β-unsaturated/α-hetero) is 1. The van der Waals surface area contributed by atoms with E-state index in [-0.39, 0.29) is 11.3 Å². The first-order valence-electron chi connectivity index (χ1n) is 14.3. The number of morpholine rings is 1. The molecule has 0 aliphatic carbocycles. The van der Waals surface area contributed by atoms with Crippen molar-refractivity contribution in [1.82, 2.24) is 9.80 Å². The highest BCUT2D eigenvalue weighted by molar-refractivity contribution is 6.46. The van der Waals surface area contributed by atoms with E-state index in [1.54, 1.807) is 23.1 Å². The Balaban J connectivity index is 1.46. The first-order valence-corrected chi connectivity index (χ1v) is 14.3. The van der Waals surface area contributed by atoms with Crippen LogP contribution in [-0.4, -0.2) is 85.8 Å². The fraction of sp³-hybridized carbons (Fsp3) is 0.484. The summed E-state index contributed by atoms with van der Waals surface area (Å²) in [5, 5.41) is 11.5. The fourth-order valence-corrected chi connectivity index (χ4v) is 5.41. The van der Waals surface area contributed by atoms with Crippen LogP contribution in [0.3, 0.4) is 0 Å². The number of amides is 1. The quantitative estimate of drug-likeness (QED) is 0.193. The molecule has 2 saturated heterocycles. The summed E-state index contributed by atoms with van der Waals surface area (Å²) in [6.07, 6.45) is 3.83. The van der Waals surface area contributed by atoms with Crippen molar-refractivity contribution in [2.24, 2.45) is 0 Å². The third kappa shape index (κ3) is 6.26. The highest BCUT2D eigenvalue weighted by Gasteiger charge is 2.46. The fourth-order valence-electron chi connectivity index (χ4n) is 5.41. The smallest absolute Gasteiger partial charge is 0.295 e. The maximum atomic E-state index is 13.5. The number of unbranched alkanes of at least 4 members (excludes halogenated alkanes) is 2. The summed E-state index contributed by atoms with van der Waals surface area (Å²) in [5.74, 6) is 0.209. The van der Waals surface area contributed by atoms with Crippen molar-refractivity contribution in [3.05, 3.63) is 59.2 Å². The molecule has 40 heavy (non-hydrogen) atoms. The summed E-state index contributed by atoms with van der Waals surface area (Å²) in [4.78, 5) is 30.8. The molecule has 1 atom stereocenters. The van der Waals surface area contributed by atoms with E-state index in [9.17, 15) is 14.7 Å². The van der Waals surface area contributed by atoms with Crippen LogP contribution >= 0.6 is 0 Å². The first-order chi connectivity index (χ1) is 19.6. The van der Waals surface area contributed by atoms with Gasteiger partial charge in [0.25, 0.3) is 11.7 Å². The van der Waals surface area contributed by atoms with Gasteiger partial charge in [-0.3, -0.25) is 14.5 Å². The van der Waals surface area contributed by atoms with Crippen molar-refractivity contribution in [1.29, 1.82) is 0 Å². The molecule has 0 saturated carbocycles. The zero-order valence-corrected chi connectivity index (χ0v) is 23.1. The van der Waals surface area contributed by atoms with Crippen LogP contribution in [0, 0.1) is 0 Å². The summed E-state index contributed by atoms with van der Waals surface area (Å²) in [7, 11) is 0. The maximum absolute atomic E-state index is 13.5. The van der Waals surface area contributed by atoms with Crippen molar-refractivity contribution < 1.29 is 33.6 Å². The molecule has 1 amide bonds. The minimum atomic E-state index is -0.739. The second-order valence-electron chi connectivity index (χ2n) is 10.3. The molecule has 0 aromatic heterocycles. The number of benzene rings is 2. The van der Waals surface area contributed by atoms with E-state index in [0.717, 1.165) is 44.5 Å². The summed E-state index contributed by atoms with van der Waals surface area (Å²) < 4.78 is 22.7. The monoisotopic (exact) mass is 550 g/mol. The van der Waals surface area contributed by atoms with Crippen LogP contribution in [0.1, 0.15) is 49.8 Å². The van der Waals surface area contributed by atoms with E-state index in [4.69, 9.17) is 18.9 Å². The predicted molar refractivity (Wildman–Crippen MR) is 150 cm³/mol. The summed E-state index contributed by atoms with van der Waals surface area (Å²) >= 11 is 0. The van der Waals surface area contributed by atoms with Gasteiger partial charge in [-0.25, -0.2) is 0 Å². The van der Waals surface area contributed by atoms with E-state index in [0.29, 0.717) is 68.8 Å². The second-order valence-corrected chi connectivity index (χ2v) is 10.3. The number of hydrogen-bond donors (Lipinski definition) is 1. The molecule has 2 aromatic carbocycles. The number of ketones is 1. The van der Waals surface area contributed by atoms with Gasteiger partial charge in [-0.1, -0.05) is 31.9 Å². The molecule has 1 N–H and O–H groups in total.